The molecule has 0 fully saturated rings. The van der Waals surface area contributed by atoms with Crippen LogP contribution in [0.1, 0.15) is 64.4 Å². The first-order valence-corrected chi connectivity index (χ1v) is 7.54. The molecule has 0 aliphatic heterocycles. The molecule has 1 rings (SSSR count). The number of unbranched alkanes of at least 4 members (excludes halogenated alkanes) is 4. The number of benzene rings is 1. The highest BCUT2D eigenvalue weighted by Gasteiger charge is 1.98. The maximum atomic E-state index is 2.32. The van der Waals surface area contributed by atoms with E-state index in [4.69, 9.17) is 0 Å². The van der Waals surface area contributed by atoms with Crippen LogP contribution in [0.3, 0.4) is 0 Å². The van der Waals surface area contributed by atoms with E-state index in [1.54, 1.807) is 5.57 Å². The molecule has 0 atom stereocenters. The van der Waals surface area contributed by atoms with Gasteiger partial charge < -0.3 is 0 Å². The second-order valence-electron chi connectivity index (χ2n) is 5.10. The number of hydrogen-bond donors (Lipinski definition) is 0. The van der Waals surface area contributed by atoms with Gasteiger partial charge in [0.25, 0.3) is 0 Å². The fourth-order valence-electron chi connectivity index (χ4n) is 2.32. The predicted octanol–water partition coefficient (Wildman–Crippen LogP) is 5.93. The Morgan fingerprint density at radius 3 is 2.33 bits per heavy atom. The molecular formula is C18H28. The van der Waals surface area contributed by atoms with Crippen molar-refractivity contribution >= 4 is 0 Å². The Kier molecular flexibility index (Phi) is 8.29. The lowest BCUT2D eigenvalue weighted by Gasteiger charge is -2.07. The second-order valence-corrected chi connectivity index (χ2v) is 5.10. The molecule has 0 saturated heterocycles. The minimum absolute atomic E-state index is 1.19. The SMILES string of the molecule is CC=C(CCCCCCC)CCc1ccccc1. The molecule has 0 aliphatic carbocycles. The molecule has 0 N–H and O–H groups in total. The van der Waals surface area contributed by atoms with E-state index in [0.717, 1.165) is 0 Å². The van der Waals surface area contributed by atoms with Crippen molar-refractivity contribution in [3.05, 3.63) is 47.5 Å². The van der Waals surface area contributed by atoms with Crippen molar-refractivity contribution in [3.8, 4) is 0 Å². The highest BCUT2D eigenvalue weighted by atomic mass is 14.0. The van der Waals surface area contributed by atoms with Gasteiger partial charge in [-0.15, -0.1) is 0 Å². The highest BCUT2D eigenvalue weighted by molar-refractivity contribution is 5.16. The van der Waals surface area contributed by atoms with Crippen LogP contribution < -0.4 is 0 Å². The molecule has 0 amide bonds. The Morgan fingerprint density at radius 1 is 0.944 bits per heavy atom. The summed E-state index contributed by atoms with van der Waals surface area (Å²) in [6.45, 7) is 4.46. The molecule has 18 heavy (non-hydrogen) atoms. The van der Waals surface area contributed by atoms with E-state index < -0.39 is 0 Å². The zero-order valence-corrected chi connectivity index (χ0v) is 12.1. The highest BCUT2D eigenvalue weighted by Crippen LogP contribution is 2.16. The fourth-order valence-corrected chi connectivity index (χ4v) is 2.32. The lowest BCUT2D eigenvalue weighted by Crippen LogP contribution is -1.90. The van der Waals surface area contributed by atoms with E-state index in [-0.39, 0.29) is 0 Å². The monoisotopic (exact) mass is 244 g/mol. The van der Waals surface area contributed by atoms with Gasteiger partial charge in [-0.3, -0.25) is 0 Å². The van der Waals surface area contributed by atoms with Crippen molar-refractivity contribution in [1.29, 1.82) is 0 Å². The van der Waals surface area contributed by atoms with Gasteiger partial charge in [0, 0.05) is 0 Å². The van der Waals surface area contributed by atoms with Crippen LogP contribution in [-0.2, 0) is 6.42 Å². The van der Waals surface area contributed by atoms with Crippen LogP contribution in [-0.4, -0.2) is 0 Å². The first-order chi connectivity index (χ1) is 8.86. The largest absolute Gasteiger partial charge is 0.0884 e. The minimum Gasteiger partial charge on any atom is -0.0884 e. The van der Waals surface area contributed by atoms with Crippen LogP contribution in [0.2, 0.25) is 0 Å². The van der Waals surface area contributed by atoms with Gasteiger partial charge in [-0.2, -0.15) is 0 Å². The smallest absolute Gasteiger partial charge is 0.0241 e. The Labute approximate surface area is 113 Å². The Balaban J connectivity index is 2.18. The van der Waals surface area contributed by atoms with Gasteiger partial charge >= 0.3 is 0 Å². The van der Waals surface area contributed by atoms with Crippen molar-refractivity contribution in [1.82, 2.24) is 0 Å². The average Bonchev–Trinajstić information content (AvgIpc) is 2.43. The van der Waals surface area contributed by atoms with Crippen molar-refractivity contribution in [2.24, 2.45) is 0 Å². The van der Waals surface area contributed by atoms with Gasteiger partial charge in [-0.05, 0) is 38.2 Å². The van der Waals surface area contributed by atoms with Gasteiger partial charge in [0.05, 0.1) is 0 Å². The van der Waals surface area contributed by atoms with Crippen molar-refractivity contribution in [3.63, 3.8) is 0 Å². The van der Waals surface area contributed by atoms with Crippen LogP contribution in [0, 0.1) is 0 Å². The molecule has 0 bridgehead atoms. The van der Waals surface area contributed by atoms with E-state index >= 15 is 0 Å². The molecule has 0 spiro atoms. The molecule has 0 heterocycles. The van der Waals surface area contributed by atoms with E-state index in [9.17, 15) is 0 Å². The van der Waals surface area contributed by atoms with Crippen LogP contribution in [0.15, 0.2) is 42.0 Å². The van der Waals surface area contributed by atoms with E-state index in [0.29, 0.717) is 0 Å². The van der Waals surface area contributed by atoms with Crippen molar-refractivity contribution in [2.45, 2.75) is 65.2 Å². The standard InChI is InChI=1S/C18H28/c1-3-5-6-7-9-12-17(4-2)15-16-18-13-10-8-11-14-18/h4,8,10-11,13-14H,3,5-7,9,12,15-16H2,1-2H3. The van der Waals surface area contributed by atoms with Crippen LogP contribution >= 0.6 is 0 Å². The van der Waals surface area contributed by atoms with Crippen molar-refractivity contribution in [2.75, 3.05) is 0 Å². The molecule has 0 saturated carbocycles. The number of hydrogen-bond acceptors (Lipinski definition) is 0. The number of aryl methyl sites for hydroxylation is 1. The number of allylic oxidation sites excluding steroid dienone is 2. The molecule has 1 aromatic rings. The van der Waals surface area contributed by atoms with Gasteiger partial charge in [-0.1, -0.05) is 74.6 Å². The average molecular weight is 244 g/mol. The third kappa shape index (κ3) is 6.64. The summed E-state index contributed by atoms with van der Waals surface area (Å²) in [4.78, 5) is 0. The molecule has 0 nitrogen and oxygen atoms in total. The first kappa shape index (κ1) is 15.0. The molecule has 0 aliphatic rings. The lowest BCUT2D eigenvalue weighted by molar-refractivity contribution is 0.623. The van der Waals surface area contributed by atoms with E-state index in [1.165, 1.54) is 56.9 Å². The zero-order valence-electron chi connectivity index (χ0n) is 12.1. The normalized spacial score (nSPS) is 11.8. The Morgan fingerprint density at radius 2 is 1.67 bits per heavy atom. The number of rotatable bonds is 9. The van der Waals surface area contributed by atoms with Crippen molar-refractivity contribution < 1.29 is 0 Å². The molecule has 0 unspecified atom stereocenters. The molecule has 0 radical (unpaired) electrons. The summed E-state index contributed by atoms with van der Waals surface area (Å²) in [6.07, 6.45) is 13.0. The molecule has 1 aromatic carbocycles. The summed E-state index contributed by atoms with van der Waals surface area (Å²) in [7, 11) is 0. The predicted molar refractivity (Wildman–Crippen MR) is 81.9 cm³/mol. The van der Waals surface area contributed by atoms with E-state index in [2.05, 4.69) is 50.3 Å². The van der Waals surface area contributed by atoms with Crippen LogP contribution in [0.5, 0.6) is 0 Å². The minimum atomic E-state index is 1.19. The maximum Gasteiger partial charge on any atom is -0.0241 e. The molecule has 100 valence electrons. The summed E-state index contributed by atoms with van der Waals surface area (Å²) in [5.74, 6) is 0. The maximum absolute atomic E-state index is 2.32. The van der Waals surface area contributed by atoms with Gasteiger partial charge in [-0.25, -0.2) is 0 Å². The van der Waals surface area contributed by atoms with Gasteiger partial charge in [0.15, 0.2) is 0 Å². The molecule has 0 aromatic heterocycles. The molecular weight excluding hydrogens is 216 g/mol. The third-order valence-electron chi connectivity index (χ3n) is 3.59. The summed E-state index contributed by atoms with van der Waals surface area (Å²) in [5, 5.41) is 0. The second kappa shape index (κ2) is 9.94. The molecule has 0 heteroatoms. The van der Waals surface area contributed by atoms with Gasteiger partial charge in [0.2, 0.25) is 0 Å². The summed E-state index contributed by atoms with van der Waals surface area (Å²) in [5.41, 5.74) is 3.10. The Hall–Kier alpha value is -1.04. The lowest BCUT2D eigenvalue weighted by atomic mass is 9.99. The summed E-state index contributed by atoms with van der Waals surface area (Å²) >= 11 is 0. The Bertz CT molecular complexity index is 321. The summed E-state index contributed by atoms with van der Waals surface area (Å²) < 4.78 is 0. The van der Waals surface area contributed by atoms with E-state index in [1.807, 2.05) is 0 Å². The third-order valence-corrected chi connectivity index (χ3v) is 3.59. The van der Waals surface area contributed by atoms with Gasteiger partial charge in [0.1, 0.15) is 0 Å². The summed E-state index contributed by atoms with van der Waals surface area (Å²) in [6, 6.07) is 10.8. The van der Waals surface area contributed by atoms with Crippen LogP contribution in [0.4, 0.5) is 0 Å². The first-order valence-electron chi connectivity index (χ1n) is 7.54. The quantitative estimate of drug-likeness (QED) is 0.373. The zero-order chi connectivity index (χ0) is 13.1. The fraction of sp³-hybridized carbons (Fsp3) is 0.556. The topological polar surface area (TPSA) is 0 Å². The van der Waals surface area contributed by atoms with Crippen LogP contribution in [0.25, 0.3) is 0 Å².